The lowest BCUT2D eigenvalue weighted by molar-refractivity contribution is 0.108. The molecular formula is C9H12N2O2S. The smallest absolute Gasteiger partial charge is 0.290 e. The predicted molar refractivity (Wildman–Crippen MR) is 53.2 cm³/mol. The van der Waals surface area contributed by atoms with E-state index in [-0.39, 0.29) is 5.89 Å². The highest BCUT2D eigenvalue weighted by Crippen LogP contribution is 2.30. The average Bonchev–Trinajstić information content (AvgIpc) is 2.86. The van der Waals surface area contributed by atoms with Crippen LogP contribution in [0.4, 0.5) is 0 Å². The topological polar surface area (TPSA) is 56.0 Å². The number of rotatable bonds is 4. The van der Waals surface area contributed by atoms with Crippen LogP contribution in [0.2, 0.25) is 0 Å². The van der Waals surface area contributed by atoms with Crippen LogP contribution in [0.1, 0.15) is 42.2 Å². The van der Waals surface area contributed by atoms with Crippen LogP contribution in [0.5, 0.6) is 0 Å². The van der Waals surface area contributed by atoms with Gasteiger partial charge in [-0.2, -0.15) is 16.7 Å². The van der Waals surface area contributed by atoms with Crippen molar-refractivity contribution in [2.24, 2.45) is 0 Å². The van der Waals surface area contributed by atoms with E-state index in [0.29, 0.717) is 12.1 Å². The van der Waals surface area contributed by atoms with Crippen LogP contribution in [-0.2, 0) is 5.75 Å². The van der Waals surface area contributed by atoms with Gasteiger partial charge in [0.25, 0.3) is 5.89 Å². The van der Waals surface area contributed by atoms with E-state index < -0.39 is 0 Å². The number of aromatic nitrogens is 2. The Morgan fingerprint density at radius 1 is 1.50 bits per heavy atom. The zero-order valence-electron chi connectivity index (χ0n) is 7.81. The molecule has 0 saturated heterocycles. The van der Waals surface area contributed by atoms with Gasteiger partial charge in [-0.3, -0.25) is 4.79 Å². The first-order chi connectivity index (χ1) is 6.88. The standard InChI is InChI=1S/C9H12N2O2S/c12-5-9-10-8(11-13-9)6-14-7-3-1-2-4-7/h5,7H,1-4,6H2. The normalized spacial score (nSPS) is 17.4. The Balaban J connectivity index is 1.81. The summed E-state index contributed by atoms with van der Waals surface area (Å²) in [5.41, 5.74) is 0. The van der Waals surface area contributed by atoms with Crippen molar-refractivity contribution in [3.63, 3.8) is 0 Å². The number of nitrogens with zero attached hydrogens (tertiary/aromatic N) is 2. The van der Waals surface area contributed by atoms with E-state index in [9.17, 15) is 4.79 Å². The van der Waals surface area contributed by atoms with Crippen molar-refractivity contribution >= 4 is 18.0 Å². The van der Waals surface area contributed by atoms with E-state index in [0.717, 1.165) is 11.0 Å². The number of carbonyl (C=O) groups excluding carboxylic acids is 1. The summed E-state index contributed by atoms with van der Waals surface area (Å²) in [5.74, 6) is 1.46. The second-order valence-electron chi connectivity index (χ2n) is 3.38. The van der Waals surface area contributed by atoms with Crippen molar-refractivity contribution in [1.29, 1.82) is 0 Å². The Hall–Kier alpha value is -0.840. The lowest BCUT2D eigenvalue weighted by atomic mass is 10.4. The second kappa shape index (κ2) is 4.59. The maximum atomic E-state index is 10.3. The molecule has 4 nitrogen and oxygen atoms in total. The summed E-state index contributed by atoms with van der Waals surface area (Å²) in [7, 11) is 0. The molecule has 5 heteroatoms. The van der Waals surface area contributed by atoms with Gasteiger partial charge in [0.2, 0.25) is 6.29 Å². The van der Waals surface area contributed by atoms with E-state index in [1.165, 1.54) is 25.7 Å². The van der Waals surface area contributed by atoms with Gasteiger partial charge in [-0.15, -0.1) is 0 Å². The van der Waals surface area contributed by atoms with Crippen molar-refractivity contribution in [3.05, 3.63) is 11.7 Å². The third kappa shape index (κ3) is 2.35. The van der Waals surface area contributed by atoms with Gasteiger partial charge in [0.1, 0.15) is 0 Å². The molecule has 1 aliphatic rings. The third-order valence-corrected chi connectivity index (χ3v) is 3.70. The zero-order chi connectivity index (χ0) is 9.80. The predicted octanol–water partition coefficient (Wildman–Crippen LogP) is 2.06. The summed E-state index contributed by atoms with van der Waals surface area (Å²) in [6, 6.07) is 0. The van der Waals surface area contributed by atoms with Gasteiger partial charge in [0.15, 0.2) is 5.82 Å². The first kappa shape index (κ1) is 9.71. The quantitative estimate of drug-likeness (QED) is 0.715. The molecule has 1 aromatic rings. The molecule has 0 atom stereocenters. The SMILES string of the molecule is O=Cc1nc(CSC2CCCC2)no1. The van der Waals surface area contributed by atoms with Gasteiger partial charge in [-0.05, 0) is 12.8 Å². The molecule has 1 aliphatic carbocycles. The largest absolute Gasteiger partial charge is 0.331 e. The van der Waals surface area contributed by atoms with Crippen molar-refractivity contribution in [3.8, 4) is 0 Å². The third-order valence-electron chi connectivity index (χ3n) is 2.33. The monoisotopic (exact) mass is 212 g/mol. The highest BCUT2D eigenvalue weighted by atomic mass is 32.2. The second-order valence-corrected chi connectivity index (χ2v) is 4.67. The minimum atomic E-state index is 0.0759. The Bertz CT molecular complexity index is 308. The molecule has 0 radical (unpaired) electrons. The number of hydrogen-bond acceptors (Lipinski definition) is 5. The molecule has 0 bridgehead atoms. The lowest BCUT2D eigenvalue weighted by Crippen LogP contribution is -1.95. The van der Waals surface area contributed by atoms with E-state index in [1.54, 1.807) is 0 Å². The maximum Gasteiger partial charge on any atom is 0.290 e. The van der Waals surface area contributed by atoms with Crippen LogP contribution >= 0.6 is 11.8 Å². The van der Waals surface area contributed by atoms with E-state index >= 15 is 0 Å². The van der Waals surface area contributed by atoms with Crippen LogP contribution in [-0.4, -0.2) is 21.7 Å². The Kier molecular flexibility index (Phi) is 3.18. The molecule has 0 spiro atoms. The molecule has 2 rings (SSSR count). The van der Waals surface area contributed by atoms with Crippen LogP contribution in [0.3, 0.4) is 0 Å². The molecule has 1 heterocycles. The zero-order valence-corrected chi connectivity index (χ0v) is 8.63. The molecule has 14 heavy (non-hydrogen) atoms. The number of hydrogen-bond donors (Lipinski definition) is 0. The fourth-order valence-electron chi connectivity index (χ4n) is 1.62. The average molecular weight is 212 g/mol. The van der Waals surface area contributed by atoms with Gasteiger partial charge >= 0.3 is 0 Å². The van der Waals surface area contributed by atoms with Crippen molar-refractivity contribution in [2.45, 2.75) is 36.7 Å². The van der Waals surface area contributed by atoms with Crippen LogP contribution in [0.15, 0.2) is 4.52 Å². The Morgan fingerprint density at radius 2 is 2.29 bits per heavy atom. The molecule has 0 unspecified atom stereocenters. The fourth-order valence-corrected chi connectivity index (χ4v) is 2.79. The van der Waals surface area contributed by atoms with E-state index in [4.69, 9.17) is 0 Å². The summed E-state index contributed by atoms with van der Waals surface area (Å²) in [6.45, 7) is 0. The highest BCUT2D eigenvalue weighted by Gasteiger charge is 2.16. The van der Waals surface area contributed by atoms with Gasteiger partial charge in [0.05, 0.1) is 5.75 Å². The number of aldehydes is 1. The summed E-state index contributed by atoms with van der Waals surface area (Å²) in [4.78, 5) is 14.2. The molecule has 76 valence electrons. The molecule has 1 fully saturated rings. The fraction of sp³-hybridized carbons (Fsp3) is 0.667. The molecule has 0 aromatic carbocycles. The van der Waals surface area contributed by atoms with Crippen molar-refractivity contribution in [1.82, 2.24) is 10.1 Å². The number of thioether (sulfide) groups is 1. The molecule has 1 aromatic heterocycles. The van der Waals surface area contributed by atoms with Crippen LogP contribution in [0, 0.1) is 0 Å². The lowest BCUT2D eigenvalue weighted by Gasteiger charge is -2.04. The molecule has 1 saturated carbocycles. The molecular weight excluding hydrogens is 200 g/mol. The minimum Gasteiger partial charge on any atom is -0.331 e. The summed E-state index contributed by atoms with van der Waals surface area (Å²) in [6.07, 6.45) is 5.84. The van der Waals surface area contributed by atoms with Crippen molar-refractivity contribution < 1.29 is 9.32 Å². The van der Waals surface area contributed by atoms with Crippen molar-refractivity contribution in [2.75, 3.05) is 0 Å². The van der Waals surface area contributed by atoms with E-state index in [2.05, 4.69) is 14.7 Å². The first-order valence-electron chi connectivity index (χ1n) is 4.78. The van der Waals surface area contributed by atoms with Gasteiger partial charge in [-0.25, -0.2) is 0 Å². The maximum absolute atomic E-state index is 10.3. The highest BCUT2D eigenvalue weighted by molar-refractivity contribution is 7.99. The van der Waals surface area contributed by atoms with Gasteiger partial charge in [0, 0.05) is 5.25 Å². The summed E-state index contributed by atoms with van der Waals surface area (Å²) < 4.78 is 4.69. The van der Waals surface area contributed by atoms with E-state index in [1.807, 2.05) is 11.8 Å². The Morgan fingerprint density at radius 3 is 2.93 bits per heavy atom. The van der Waals surface area contributed by atoms with Crippen LogP contribution in [0.25, 0.3) is 0 Å². The van der Waals surface area contributed by atoms with Crippen LogP contribution < -0.4 is 0 Å². The molecule has 0 N–H and O–H groups in total. The minimum absolute atomic E-state index is 0.0759. The van der Waals surface area contributed by atoms with Gasteiger partial charge in [-0.1, -0.05) is 18.0 Å². The summed E-state index contributed by atoms with van der Waals surface area (Å²) >= 11 is 1.86. The Labute approximate surface area is 86.4 Å². The first-order valence-corrected chi connectivity index (χ1v) is 5.83. The van der Waals surface area contributed by atoms with Gasteiger partial charge < -0.3 is 4.52 Å². The molecule has 0 aliphatic heterocycles. The summed E-state index contributed by atoms with van der Waals surface area (Å²) in [5, 5.41) is 4.45. The molecule has 0 amide bonds. The number of carbonyl (C=O) groups is 1.